The molecule has 0 aliphatic rings. The zero-order valence-corrected chi connectivity index (χ0v) is 13.1. The molecule has 2 N–H and O–H groups in total. The quantitative estimate of drug-likeness (QED) is 0.616. The van der Waals surface area contributed by atoms with E-state index in [2.05, 4.69) is 5.32 Å². The van der Waals surface area contributed by atoms with Crippen molar-refractivity contribution >= 4 is 29.2 Å². The Hall–Kier alpha value is -2.93. The van der Waals surface area contributed by atoms with E-state index in [0.29, 0.717) is 10.6 Å². The molecule has 1 atom stereocenters. The van der Waals surface area contributed by atoms with Crippen LogP contribution < -0.4 is 5.32 Å². The molecule has 1 amide bonds. The van der Waals surface area contributed by atoms with E-state index in [1.54, 1.807) is 24.3 Å². The van der Waals surface area contributed by atoms with Crippen LogP contribution in [0.3, 0.4) is 0 Å². The zero-order valence-electron chi connectivity index (χ0n) is 12.3. The summed E-state index contributed by atoms with van der Waals surface area (Å²) in [5.74, 6) is -1.91. The van der Waals surface area contributed by atoms with Crippen molar-refractivity contribution < 1.29 is 19.6 Å². The van der Waals surface area contributed by atoms with Gasteiger partial charge in [-0.15, -0.1) is 0 Å². The van der Waals surface area contributed by atoms with Crippen LogP contribution in [0.25, 0.3) is 0 Å². The molecule has 8 heteroatoms. The minimum absolute atomic E-state index is 0.0153. The Morgan fingerprint density at radius 1 is 1.21 bits per heavy atom. The molecule has 24 heavy (non-hydrogen) atoms. The van der Waals surface area contributed by atoms with Crippen molar-refractivity contribution in [2.45, 2.75) is 12.5 Å². The number of nitro groups is 1. The monoisotopic (exact) mass is 348 g/mol. The van der Waals surface area contributed by atoms with Gasteiger partial charge in [0.1, 0.15) is 6.04 Å². The number of aliphatic carboxylic acids is 1. The van der Waals surface area contributed by atoms with Gasteiger partial charge < -0.3 is 10.4 Å². The average Bonchev–Trinajstić information content (AvgIpc) is 2.54. The second kappa shape index (κ2) is 7.56. The third-order valence-corrected chi connectivity index (χ3v) is 3.49. The fraction of sp³-hybridized carbons (Fsp3) is 0.125. The largest absolute Gasteiger partial charge is 0.480 e. The number of carboxylic acid groups (broad SMARTS) is 1. The highest BCUT2D eigenvalue weighted by Gasteiger charge is 2.22. The first-order chi connectivity index (χ1) is 11.4. The number of rotatable bonds is 6. The van der Waals surface area contributed by atoms with E-state index < -0.39 is 22.8 Å². The second-order valence-electron chi connectivity index (χ2n) is 5.01. The molecule has 0 spiro atoms. The van der Waals surface area contributed by atoms with Crippen LogP contribution in [0.1, 0.15) is 15.9 Å². The van der Waals surface area contributed by atoms with Gasteiger partial charge in [-0.2, -0.15) is 0 Å². The maximum atomic E-state index is 12.2. The standard InChI is InChI=1S/C16H13ClN2O5/c17-12-5-1-3-10(7-12)8-14(16(21)22)18-15(20)11-4-2-6-13(9-11)19(23)24/h1-7,9,14H,8H2,(H,18,20)(H,21,22)/t14-/m1/s1. The van der Waals surface area contributed by atoms with Crippen LogP contribution >= 0.6 is 11.6 Å². The number of amides is 1. The number of carbonyl (C=O) groups excluding carboxylic acids is 1. The summed E-state index contributed by atoms with van der Waals surface area (Å²) in [7, 11) is 0. The molecule has 7 nitrogen and oxygen atoms in total. The lowest BCUT2D eigenvalue weighted by Gasteiger charge is -2.15. The van der Waals surface area contributed by atoms with Crippen LogP contribution in [0, 0.1) is 10.1 Å². The topological polar surface area (TPSA) is 110 Å². The first-order valence-corrected chi connectivity index (χ1v) is 7.27. The van der Waals surface area contributed by atoms with Crippen LogP contribution in [-0.4, -0.2) is 27.9 Å². The lowest BCUT2D eigenvalue weighted by atomic mass is 10.1. The van der Waals surface area contributed by atoms with Crippen molar-refractivity contribution in [3.63, 3.8) is 0 Å². The molecule has 0 aliphatic carbocycles. The van der Waals surface area contributed by atoms with Crippen molar-refractivity contribution in [3.8, 4) is 0 Å². The van der Waals surface area contributed by atoms with Crippen molar-refractivity contribution in [1.82, 2.24) is 5.32 Å². The summed E-state index contributed by atoms with van der Waals surface area (Å²) in [5, 5.41) is 22.9. The lowest BCUT2D eigenvalue weighted by molar-refractivity contribution is -0.384. The van der Waals surface area contributed by atoms with Crippen molar-refractivity contribution in [2.75, 3.05) is 0 Å². The summed E-state index contributed by atoms with van der Waals surface area (Å²) in [4.78, 5) is 33.7. The Kier molecular flexibility index (Phi) is 5.49. The molecule has 2 aromatic carbocycles. The fourth-order valence-electron chi connectivity index (χ4n) is 2.10. The summed E-state index contributed by atoms with van der Waals surface area (Å²) in [5.41, 5.74) is 0.417. The van der Waals surface area contributed by atoms with E-state index in [4.69, 9.17) is 11.6 Å². The number of nitro benzene ring substituents is 1. The van der Waals surface area contributed by atoms with Gasteiger partial charge in [-0.3, -0.25) is 14.9 Å². The molecule has 0 heterocycles. The summed E-state index contributed by atoms with van der Waals surface area (Å²) in [6.07, 6.45) is 0.0383. The van der Waals surface area contributed by atoms with Gasteiger partial charge in [-0.25, -0.2) is 4.79 Å². The van der Waals surface area contributed by atoms with Crippen molar-refractivity contribution in [3.05, 3.63) is 74.8 Å². The van der Waals surface area contributed by atoms with Crippen molar-refractivity contribution in [2.24, 2.45) is 0 Å². The zero-order chi connectivity index (χ0) is 17.7. The third-order valence-electron chi connectivity index (χ3n) is 3.25. The molecule has 0 fully saturated rings. The number of non-ortho nitro benzene ring substituents is 1. The molecule has 0 unspecified atom stereocenters. The van der Waals surface area contributed by atoms with E-state index in [1.807, 2.05) is 0 Å². The predicted molar refractivity (Wildman–Crippen MR) is 87.1 cm³/mol. The molecule has 0 saturated carbocycles. The first kappa shape index (κ1) is 17.4. The van der Waals surface area contributed by atoms with Crippen LogP contribution in [0.4, 0.5) is 5.69 Å². The normalized spacial score (nSPS) is 11.5. The lowest BCUT2D eigenvalue weighted by Crippen LogP contribution is -2.42. The summed E-state index contributed by atoms with van der Waals surface area (Å²) >= 11 is 5.86. The van der Waals surface area contributed by atoms with E-state index in [1.165, 1.54) is 18.2 Å². The highest BCUT2D eigenvalue weighted by molar-refractivity contribution is 6.30. The molecule has 2 aromatic rings. The Morgan fingerprint density at radius 2 is 1.92 bits per heavy atom. The number of benzene rings is 2. The van der Waals surface area contributed by atoms with E-state index in [0.717, 1.165) is 6.07 Å². The highest BCUT2D eigenvalue weighted by atomic mass is 35.5. The number of carboxylic acids is 1. The number of nitrogens with zero attached hydrogens (tertiary/aromatic N) is 1. The Morgan fingerprint density at radius 3 is 2.54 bits per heavy atom. The van der Waals surface area contributed by atoms with Gasteiger partial charge in [0.2, 0.25) is 0 Å². The SMILES string of the molecule is O=C(N[C@H](Cc1cccc(Cl)c1)C(=O)O)c1cccc([N+](=O)[O-])c1. The minimum atomic E-state index is -1.21. The van der Waals surface area contributed by atoms with Crippen molar-refractivity contribution in [1.29, 1.82) is 0 Å². The van der Waals surface area contributed by atoms with Crippen LogP contribution in [-0.2, 0) is 11.2 Å². The van der Waals surface area contributed by atoms with E-state index in [-0.39, 0.29) is 17.7 Å². The third kappa shape index (κ3) is 4.53. The summed E-state index contributed by atoms with van der Waals surface area (Å²) in [6.45, 7) is 0. The average molecular weight is 349 g/mol. The highest BCUT2D eigenvalue weighted by Crippen LogP contribution is 2.15. The first-order valence-electron chi connectivity index (χ1n) is 6.89. The van der Waals surface area contributed by atoms with Gasteiger partial charge in [0.15, 0.2) is 0 Å². The van der Waals surface area contributed by atoms with E-state index in [9.17, 15) is 24.8 Å². The van der Waals surface area contributed by atoms with Gasteiger partial charge >= 0.3 is 5.97 Å². The molecule has 0 aliphatic heterocycles. The van der Waals surface area contributed by atoms with E-state index >= 15 is 0 Å². The summed E-state index contributed by atoms with van der Waals surface area (Å²) < 4.78 is 0. The maximum absolute atomic E-state index is 12.2. The Labute approximate surface area is 142 Å². The molecule has 0 saturated heterocycles. The maximum Gasteiger partial charge on any atom is 0.326 e. The van der Waals surface area contributed by atoms with Crippen LogP contribution in [0.2, 0.25) is 5.02 Å². The second-order valence-corrected chi connectivity index (χ2v) is 5.44. The Balaban J connectivity index is 2.15. The van der Waals surface area contributed by atoms with Crippen LogP contribution in [0.15, 0.2) is 48.5 Å². The van der Waals surface area contributed by atoms with Crippen LogP contribution in [0.5, 0.6) is 0 Å². The van der Waals surface area contributed by atoms with Gasteiger partial charge in [0, 0.05) is 29.1 Å². The van der Waals surface area contributed by atoms with Gasteiger partial charge in [0.05, 0.1) is 4.92 Å². The molecule has 0 bridgehead atoms. The number of halogens is 1. The Bertz CT molecular complexity index is 794. The van der Waals surface area contributed by atoms with Gasteiger partial charge in [-0.05, 0) is 23.8 Å². The minimum Gasteiger partial charge on any atom is -0.480 e. The predicted octanol–water partition coefficient (Wildman–Crippen LogP) is 2.67. The molecule has 2 rings (SSSR count). The number of carbonyl (C=O) groups is 2. The number of hydrogen-bond acceptors (Lipinski definition) is 4. The smallest absolute Gasteiger partial charge is 0.326 e. The molecular formula is C16H13ClN2O5. The number of nitrogens with one attached hydrogen (secondary N) is 1. The fourth-order valence-corrected chi connectivity index (χ4v) is 2.31. The molecular weight excluding hydrogens is 336 g/mol. The number of hydrogen-bond donors (Lipinski definition) is 2. The van der Waals surface area contributed by atoms with Gasteiger partial charge in [-0.1, -0.05) is 29.8 Å². The molecule has 0 aromatic heterocycles. The summed E-state index contributed by atoms with van der Waals surface area (Å²) in [6, 6.07) is 10.5. The molecule has 124 valence electrons. The molecule has 0 radical (unpaired) electrons. The van der Waals surface area contributed by atoms with Gasteiger partial charge in [0.25, 0.3) is 11.6 Å².